The second kappa shape index (κ2) is 5.42. The van der Waals surface area contributed by atoms with Crippen LogP contribution >= 0.6 is 0 Å². The Morgan fingerprint density at radius 1 is 1.43 bits per heavy atom. The van der Waals surface area contributed by atoms with Gasteiger partial charge in [-0.15, -0.1) is 0 Å². The molecular weight excluding hydrogens is 280 g/mol. The molecule has 1 aliphatic carbocycles. The maximum Gasteiger partial charge on any atom is 0.329 e. The normalized spacial score (nSPS) is 23.2. The first kappa shape index (κ1) is 15.4. The van der Waals surface area contributed by atoms with E-state index in [0.29, 0.717) is 12.0 Å². The third kappa shape index (κ3) is 3.04. The molecule has 0 heterocycles. The van der Waals surface area contributed by atoms with E-state index in [4.69, 9.17) is 5.11 Å². The molecule has 1 aromatic carbocycles. The molecule has 6 heteroatoms. The molecule has 2 rings (SSSR count). The van der Waals surface area contributed by atoms with Crippen molar-refractivity contribution in [2.45, 2.75) is 38.1 Å². The summed E-state index contributed by atoms with van der Waals surface area (Å²) >= 11 is 0. The minimum absolute atomic E-state index is 0.246. The molecule has 1 amide bonds. The largest absolute Gasteiger partial charge is 0.480 e. The predicted molar refractivity (Wildman–Crippen MR) is 71.7 cm³/mol. The Bertz CT molecular complexity index is 590. The van der Waals surface area contributed by atoms with Crippen LogP contribution in [0.5, 0.6) is 0 Å². The number of carboxylic acids is 1. The number of hydrogen-bond acceptors (Lipinski definition) is 2. The Morgan fingerprint density at radius 2 is 2.10 bits per heavy atom. The van der Waals surface area contributed by atoms with Crippen LogP contribution in [0.2, 0.25) is 0 Å². The lowest BCUT2D eigenvalue weighted by Gasteiger charge is -2.24. The van der Waals surface area contributed by atoms with Gasteiger partial charge in [0.2, 0.25) is 5.91 Å². The molecule has 2 N–H and O–H groups in total. The van der Waals surface area contributed by atoms with E-state index in [1.165, 1.54) is 13.0 Å². The summed E-state index contributed by atoms with van der Waals surface area (Å²) < 4.78 is 26.5. The Morgan fingerprint density at radius 3 is 2.62 bits per heavy atom. The second-order valence-corrected chi connectivity index (χ2v) is 5.59. The van der Waals surface area contributed by atoms with Crippen LogP contribution in [0.1, 0.15) is 38.2 Å². The lowest BCUT2D eigenvalue weighted by Crippen LogP contribution is -2.52. The first-order valence-corrected chi connectivity index (χ1v) is 6.79. The fourth-order valence-electron chi connectivity index (χ4n) is 2.29. The molecule has 1 fully saturated rings. The highest BCUT2D eigenvalue weighted by atomic mass is 19.1. The molecule has 4 nitrogen and oxygen atoms in total. The third-order valence-electron chi connectivity index (χ3n) is 4.07. The van der Waals surface area contributed by atoms with Crippen molar-refractivity contribution in [1.82, 2.24) is 5.32 Å². The van der Waals surface area contributed by atoms with Gasteiger partial charge in [-0.2, -0.15) is 0 Å². The van der Waals surface area contributed by atoms with Crippen molar-refractivity contribution < 1.29 is 23.5 Å². The number of halogens is 2. The zero-order valence-corrected chi connectivity index (χ0v) is 11.8. The molecule has 0 saturated heterocycles. The first-order chi connectivity index (χ1) is 9.78. The Labute approximate surface area is 121 Å². The monoisotopic (exact) mass is 297 g/mol. The number of carbonyl (C=O) groups is 2. The van der Waals surface area contributed by atoms with E-state index in [1.807, 2.05) is 0 Å². The SMILES string of the molecule is CCC(C)(NC(=O)C1CC1c1ccc(F)cc1F)C(=O)O. The van der Waals surface area contributed by atoms with Crippen LogP contribution in [0.3, 0.4) is 0 Å². The number of carboxylic acid groups (broad SMARTS) is 1. The van der Waals surface area contributed by atoms with Crippen LogP contribution in [0.25, 0.3) is 0 Å². The van der Waals surface area contributed by atoms with Gasteiger partial charge in [-0.1, -0.05) is 13.0 Å². The van der Waals surface area contributed by atoms with Gasteiger partial charge in [0, 0.05) is 12.0 Å². The minimum Gasteiger partial charge on any atom is -0.480 e. The Kier molecular flexibility index (Phi) is 3.98. The van der Waals surface area contributed by atoms with Gasteiger partial charge in [-0.05, 0) is 37.3 Å². The fraction of sp³-hybridized carbons (Fsp3) is 0.467. The van der Waals surface area contributed by atoms with E-state index in [2.05, 4.69) is 5.32 Å². The quantitative estimate of drug-likeness (QED) is 0.877. The van der Waals surface area contributed by atoms with E-state index in [0.717, 1.165) is 12.1 Å². The van der Waals surface area contributed by atoms with Gasteiger partial charge in [-0.3, -0.25) is 4.79 Å². The third-order valence-corrected chi connectivity index (χ3v) is 4.07. The number of amides is 1. The number of nitrogens with one attached hydrogen (secondary N) is 1. The summed E-state index contributed by atoms with van der Waals surface area (Å²) in [6.45, 7) is 3.10. The topological polar surface area (TPSA) is 66.4 Å². The van der Waals surface area contributed by atoms with Gasteiger partial charge in [0.25, 0.3) is 0 Å². The van der Waals surface area contributed by atoms with Crippen molar-refractivity contribution in [2.75, 3.05) is 0 Å². The van der Waals surface area contributed by atoms with Crippen LogP contribution in [0.4, 0.5) is 8.78 Å². The van der Waals surface area contributed by atoms with Gasteiger partial charge >= 0.3 is 5.97 Å². The number of benzene rings is 1. The van der Waals surface area contributed by atoms with Gasteiger partial charge in [0.15, 0.2) is 0 Å². The molecule has 1 saturated carbocycles. The Balaban J connectivity index is 2.06. The average molecular weight is 297 g/mol. The van der Waals surface area contributed by atoms with Crippen molar-refractivity contribution >= 4 is 11.9 Å². The standard InChI is InChI=1S/C15H17F2NO3/c1-3-15(2,14(20)21)18-13(19)11-7-10(11)9-5-4-8(16)6-12(9)17/h4-6,10-11H,3,7H2,1-2H3,(H,18,19)(H,20,21). The number of hydrogen-bond donors (Lipinski definition) is 2. The summed E-state index contributed by atoms with van der Waals surface area (Å²) in [6.07, 6.45) is 0.685. The average Bonchev–Trinajstić information content (AvgIpc) is 3.18. The molecule has 3 unspecified atom stereocenters. The molecular formula is C15H17F2NO3. The second-order valence-electron chi connectivity index (χ2n) is 5.59. The van der Waals surface area contributed by atoms with Crippen LogP contribution < -0.4 is 5.32 Å². The molecule has 0 bridgehead atoms. The van der Waals surface area contributed by atoms with Gasteiger partial charge < -0.3 is 10.4 Å². The molecule has 21 heavy (non-hydrogen) atoms. The maximum atomic E-state index is 13.6. The summed E-state index contributed by atoms with van der Waals surface area (Å²) in [7, 11) is 0. The summed E-state index contributed by atoms with van der Waals surface area (Å²) in [5, 5.41) is 11.6. The highest BCUT2D eigenvalue weighted by Gasteiger charge is 2.47. The first-order valence-electron chi connectivity index (χ1n) is 6.79. The van der Waals surface area contributed by atoms with E-state index >= 15 is 0 Å². The zero-order chi connectivity index (χ0) is 15.8. The molecule has 0 aromatic heterocycles. The minimum atomic E-state index is -1.33. The number of carbonyl (C=O) groups excluding carboxylic acids is 1. The van der Waals surface area contributed by atoms with Crippen molar-refractivity contribution in [3.63, 3.8) is 0 Å². The summed E-state index contributed by atoms with van der Waals surface area (Å²) in [6, 6.07) is 3.27. The summed E-state index contributed by atoms with van der Waals surface area (Å²) in [4.78, 5) is 23.2. The zero-order valence-electron chi connectivity index (χ0n) is 11.8. The van der Waals surface area contributed by atoms with Crippen molar-refractivity contribution in [1.29, 1.82) is 0 Å². The number of aliphatic carboxylic acids is 1. The molecule has 1 aromatic rings. The predicted octanol–water partition coefficient (Wildman–Crippen LogP) is 2.44. The van der Waals surface area contributed by atoms with Crippen molar-refractivity contribution in [3.05, 3.63) is 35.4 Å². The summed E-state index contributed by atoms with van der Waals surface area (Å²) in [5.74, 6) is -3.64. The molecule has 3 atom stereocenters. The molecule has 0 spiro atoms. The van der Waals surface area contributed by atoms with Crippen LogP contribution in [0, 0.1) is 17.6 Å². The lowest BCUT2D eigenvalue weighted by atomic mass is 9.98. The van der Waals surface area contributed by atoms with Crippen LogP contribution in [-0.4, -0.2) is 22.5 Å². The van der Waals surface area contributed by atoms with E-state index in [-0.39, 0.29) is 12.3 Å². The summed E-state index contributed by atoms with van der Waals surface area (Å²) in [5.41, 5.74) is -1.03. The smallest absolute Gasteiger partial charge is 0.329 e. The van der Waals surface area contributed by atoms with E-state index < -0.39 is 35.0 Å². The fourth-order valence-corrected chi connectivity index (χ4v) is 2.29. The van der Waals surface area contributed by atoms with Gasteiger partial charge in [0.1, 0.15) is 17.2 Å². The van der Waals surface area contributed by atoms with Crippen molar-refractivity contribution in [2.24, 2.45) is 5.92 Å². The molecule has 0 aliphatic heterocycles. The lowest BCUT2D eigenvalue weighted by molar-refractivity contribution is -0.147. The van der Waals surface area contributed by atoms with E-state index in [9.17, 15) is 18.4 Å². The van der Waals surface area contributed by atoms with Gasteiger partial charge in [-0.25, -0.2) is 13.6 Å². The van der Waals surface area contributed by atoms with Gasteiger partial charge in [0.05, 0.1) is 0 Å². The maximum absolute atomic E-state index is 13.6. The van der Waals surface area contributed by atoms with Crippen molar-refractivity contribution in [3.8, 4) is 0 Å². The number of rotatable bonds is 5. The molecule has 0 radical (unpaired) electrons. The van der Waals surface area contributed by atoms with Crippen LogP contribution in [-0.2, 0) is 9.59 Å². The molecule has 114 valence electrons. The highest BCUT2D eigenvalue weighted by Crippen LogP contribution is 2.48. The van der Waals surface area contributed by atoms with Crippen LogP contribution in [0.15, 0.2) is 18.2 Å². The molecule has 1 aliphatic rings. The Hall–Kier alpha value is -1.98. The van der Waals surface area contributed by atoms with E-state index in [1.54, 1.807) is 6.92 Å². The highest BCUT2D eigenvalue weighted by molar-refractivity contribution is 5.89.